The summed E-state index contributed by atoms with van der Waals surface area (Å²) in [5.41, 5.74) is 0.394. The maximum Gasteiger partial charge on any atom is 0.194 e. The van der Waals surface area contributed by atoms with Crippen LogP contribution in [0, 0.1) is 5.41 Å². The van der Waals surface area contributed by atoms with Crippen LogP contribution in [0.1, 0.15) is 27.2 Å². The Bertz CT molecular complexity index is 280. The first-order valence-electron chi connectivity index (χ1n) is 7.19. The number of likely N-dealkylation sites (tertiary alicyclic amines) is 1. The summed E-state index contributed by atoms with van der Waals surface area (Å²) in [4.78, 5) is 6.97. The Hall–Kier alpha value is -0.810. The van der Waals surface area contributed by atoms with Crippen LogP contribution in [0.4, 0.5) is 0 Å². The third kappa shape index (κ3) is 6.25. The maximum absolute atomic E-state index is 5.43. The van der Waals surface area contributed by atoms with E-state index in [9.17, 15) is 0 Å². The van der Waals surface area contributed by atoms with E-state index in [1.165, 1.54) is 6.42 Å². The SMILES string of the molecule is CCNC(=NCCOCCOC)N1CCC(C)(C)C1. The molecule has 0 bridgehead atoms. The first kappa shape index (κ1) is 16.2. The molecular weight excluding hydrogens is 242 g/mol. The average molecular weight is 271 g/mol. The molecule has 5 heteroatoms. The first-order chi connectivity index (χ1) is 9.09. The van der Waals surface area contributed by atoms with Crippen molar-refractivity contribution >= 4 is 5.96 Å². The summed E-state index contributed by atoms with van der Waals surface area (Å²) in [6.07, 6.45) is 1.22. The van der Waals surface area contributed by atoms with Gasteiger partial charge in [0, 0.05) is 26.7 Å². The van der Waals surface area contributed by atoms with E-state index in [4.69, 9.17) is 9.47 Å². The fourth-order valence-corrected chi connectivity index (χ4v) is 2.18. The van der Waals surface area contributed by atoms with Gasteiger partial charge in [0.2, 0.25) is 0 Å². The first-order valence-corrected chi connectivity index (χ1v) is 7.19. The van der Waals surface area contributed by atoms with Crippen molar-refractivity contribution in [3.8, 4) is 0 Å². The van der Waals surface area contributed by atoms with Gasteiger partial charge >= 0.3 is 0 Å². The van der Waals surface area contributed by atoms with Crippen LogP contribution in [0.2, 0.25) is 0 Å². The number of guanidine groups is 1. The molecule has 1 saturated heterocycles. The highest BCUT2D eigenvalue weighted by Gasteiger charge is 2.30. The molecule has 5 nitrogen and oxygen atoms in total. The quantitative estimate of drug-likeness (QED) is 0.431. The molecule has 0 atom stereocenters. The van der Waals surface area contributed by atoms with Crippen molar-refractivity contribution in [1.29, 1.82) is 0 Å². The third-order valence-corrected chi connectivity index (χ3v) is 3.24. The third-order valence-electron chi connectivity index (χ3n) is 3.24. The van der Waals surface area contributed by atoms with Gasteiger partial charge in [-0.2, -0.15) is 0 Å². The van der Waals surface area contributed by atoms with Crippen LogP contribution in [-0.4, -0.2) is 64.0 Å². The molecule has 0 aromatic rings. The van der Waals surface area contributed by atoms with E-state index < -0.39 is 0 Å². The minimum absolute atomic E-state index is 0.394. The molecular formula is C14H29N3O2. The minimum atomic E-state index is 0.394. The number of ether oxygens (including phenoxy) is 2. The Balaban J connectivity index is 2.35. The molecule has 1 aliphatic rings. The second-order valence-electron chi connectivity index (χ2n) is 5.68. The average Bonchev–Trinajstić information content (AvgIpc) is 2.72. The summed E-state index contributed by atoms with van der Waals surface area (Å²) in [5, 5.41) is 3.36. The molecule has 1 fully saturated rings. The van der Waals surface area contributed by atoms with Gasteiger partial charge in [-0.3, -0.25) is 4.99 Å². The summed E-state index contributed by atoms with van der Waals surface area (Å²) in [6, 6.07) is 0. The Labute approximate surface area is 117 Å². The van der Waals surface area contributed by atoms with E-state index in [0.717, 1.165) is 25.6 Å². The number of hydrogen-bond acceptors (Lipinski definition) is 3. The number of methoxy groups -OCH3 is 1. The lowest BCUT2D eigenvalue weighted by molar-refractivity contribution is 0.0747. The molecule has 1 heterocycles. The number of nitrogens with zero attached hydrogens (tertiary/aromatic N) is 2. The van der Waals surface area contributed by atoms with Crippen LogP contribution >= 0.6 is 0 Å². The molecule has 0 aromatic heterocycles. The number of rotatable bonds is 7. The predicted octanol–water partition coefficient (Wildman–Crippen LogP) is 1.35. The molecule has 19 heavy (non-hydrogen) atoms. The Morgan fingerprint density at radius 1 is 1.32 bits per heavy atom. The van der Waals surface area contributed by atoms with Gasteiger partial charge < -0.3 is 19.7 Å². The van der Waals surface area contributed by atoms with Crippen LogP contribution in [-0.2, 0) is 9.47 Å². The lowest BCUT2D eigenvalue weighted by Gasteiger charge is -2.23. The van der Waals surface area contributed by atoms with Crippen molar-refractivity contribution in [2.24, 2.45) is 10.4 Å². The summed E-state index contributed by atoms with van der Waals surface area (Å²) in [7, 11) is 1.68. The minimum Gasteiger partial charge on any atom is -0.382 e. The zero-order valence-corrected chi connectivity index (χ0v) is 12.9. The highest BCUT2D eigenvalue weighted by molar-refractivity contribution is 5.80. The van der Waals surface area contributed by atoms with Crippen LogP contribution in [0.25, 0.3) is 0 Å². The Morgan fingerprint density at radius 3 is 2.68 bits per heavy atom. The molecule has 1 N–H and O–H groups in total. The van der Waals surface area contributed by atoms with E-state index in [0.29, 0.717) is 31.8 Å². The lowest BCUT2D eigenvalue weighted by atomic mass is 9.93. The summed E-state index contributed by atoms with van der Waals surface area (Å²) in [6.45, 7) is 12.4. The monoisotopic (exact) mass is 271 g/mol. The highest BCUT2D eigenvalue weighted by Crippen LogP contribution is 2.28. The van der Waals surface area contributed by atoms with Gasteiger partial charge in [-0.05, 0) is 18.8 Å². The molecule has 0 aromatic carbocycles. The second-order valence-corrected chi connectivity index (χ2v) is 5.68. The number of nitrogens with one attached hydrogen (secondary N) is 1. The maximum atomic E-state index is 5.43. The van der Waals surface area contributed by atoms with Crippen LogP contribution in [0.5, 0.6) is 0 Å². The second kappa shape index (κ2) is 8.38. The van der Waals surface area contributed by atoms with Crippen molar-refractivity contribution in [2.75, 3.05) is 53.1 Å². The van der Waals surface area contributed by atoms with E-state index in [1.807, 2.05) is 0 Å². The van der Waals surface area contributed by atoms with Crippen molar-refractivity contribution in [3.63, 3.8) is 0 Å². The zero-order chi connectivity index (χ0) is 14.1. The van der Waals surface area contributed by atoms with Gasteiger partial charge in [0.15, 0.2) is 5.96 Å². The summed E-state index contributed by atoms with van der Waals surface area (Å²) in [5.74, 6) is 1.02. The van der Waals surface area contributed by atoms with Gasteiger partial charge in [0.05, 0.1) is 26.4 Å². The van der Waals surface area contributed by atoms with Gasteiger partial charge in [-0.25, -0.2) is 0 Å². The Kier molecular flexibility index (Phi) is 7.16. The van der Waals surface area contributed by atoms with Gasteiger partial charge in [-0.15, -0.1) is 0 Å². The van der Waals surface area contributed by atoms with Crippen molar-refractivity contribution in [2.45, 2.75) is 27.2 Å². The normalized spacial score (nSPS) is 18.9. The zero-order valence-electron chi connectivity index (χ0n) is 12.9. The highest BCUT2D eigenvalue weighted by atomic mass is 16.5. The summed E-state index contributed by atoms with van der Waals surface area (Å²) < 4.78 is 10.4. The number of aliphatic imine (C=N–C) groups is 1. The van der Waals surface area contributed by atoms with Crippen LogP contribution in [0.15, 0.2) is 4.99 Å². The van der Waals surface area contributed by atoms with Crippen molar-refractivity contribution in [1.82, 2.24) is 10.2 Å². The molecule has 0 aliphatic carbocycles. The molecule has 0 radical (unpaired) electrons. The Morgan fingerprint density at radius 2 is 2.11 bits per heavy atom. The molecule has 1 rings (SSSR count). The fourth-order valence-electron chi connectivity index (χ4n) is 2.18. The molecule has 0 saturated carbocycles. The van der Waals surface area contributed by atoms with Gasteiger partial charge in [0.25, 0.3) is 0 Å². The fraction of sp³-hybridized carbons (Fsp3) is 0.929. The van der Waals surface area contributed by atoms with Crippen molar-refractivity contribution < 1.29 is 9.47 Å². The van der Waals surface area contributed by atoms with Crippen molar-refractivity contribution in [3.05, 3.63) is 0 Å². The molecule has 112 valence electrons. The largest absolute Gasteiger partial charge is 0.382 e. The van der Waals surface area contributed by atoms with Crippen LogP contribution < -0.4 is 5.32 Å². The van der Waals surface area contributed by atoms with Crippen LogP contribution in [0.3, 0.4) is 0 Å². The topological polar surface area (TPSA) is 46.1 Å². The van der Waals surface area contributed by atoms with Gasteiger partial charge in [-0.1, -0.05) is 13.8 Å². The van der Waals surface area contributed by atoms with Gasteiger partial charge in [0.1, 0.15) is 0 Å². The lowest BCUT2D eigenvalue weighted by Crippen LogP contribution is -2.41. The molecule has 1 aliphatic heterocycles. The predicted molar refractivity (Wildman–Crippen MR) is 78.6 cm³/mol. The summed E-state index contributed by atoms with van der Waals surface area (Å²) >= 11 is 0. The van der Waals surface area contributed by atoms with E-state index in [2.05, 4.69) is 36.0 Å². The number of hydrogen-bond donors (Lipinski definition) is 1. The smallest absolute Gasteiger partial charge is 0.194 e. The van der Waals surface area contributed by atoms with E-state index in [1.54, 1.807) is 7.11 Å². The van der Waals surface area contributed by atoms with E-state index in [-0.39, 0.29) is 0 Å². The van der Waals surface area contributed by atoms with E-state index >= 15 is 0 Å². The standard InChI is InChI=1S/C14H29N3O2/c1-5-15-13(16-7-9-19-11-10-18-4)17-8-6-14(2,3)12-17/h5-12H2,1-4H3,(H,15,16). The molecule has 0 spiro atoms. The molecule has 0 amide bonds. The molecule has 0 unspecified atom stereocenters.